The van der Waals surface area contributed by atoms with E-state index >= 15 is 0 Å². The van der Waals surface area contributed by atoms with E-state index in [1.54, 1.807) is 0 Å². The number of nitrogens with zero attached hydrogens (tertiary/aromatic N) is 1. The Morgan fingerprint density at radius 2 is 1.67 bits per heavy atom. The number of likely N-dealkylation sites (tertiary alicyclic amines) is 1. The van der Waals surface area contributed by atoms with Gasteiger partial charge in [-0.3, -0.25) is 4.79 Å². The molecule has 0 aliphatic carbocycles. The number of hydrogen-bond donors (Lipinski definition) is 2. The average Bonchev–Trinajstić information content (AvgIpc) is 2.72. The number of halogens is 2. The van der Waals surface area contributed by atoms with Gasteiger partial charge in [0.15, 0.2) is 0 Å². The minimum Gasteiger partial charge on any atom is -0.353 e. The molecule has 3 heterocycles. The lowest BCUT2D eigenvalue weighted by Gasteiger charge is -2.31. The quantitative estimate of drug-likeness (QED) is 0.827. The van der Waals surface area contributed by atoms with Crippen LogP contribution in [0.3, 0.4) is 0 Å². The first-order chi connectivity index (χ1) is 9.19. The third-order valence-corrected chi connectivity index (χ3v) is 5.13. The van der Waals surface area contributed by atoms with Gasteiger partial charge in [-0.05, 0) is 64.6 Å². The second-order valence-electron chi connectivity index (χ2n) is 6.82. The molecule has 3 aliphatic rings. The van der Waals surface area contributed by atoms with Crippen LogP contribution in [0.5, 0.6) is 0 Å². The Morgan fingerprint density at radius 1 is 1.10 bits per heavy atom. The lowest BCUT2D eigenvalue weighted by atomic mass is 9.89. The first-order valence-corrected chi connectivity index (χ1v) is 7.93. The average molecular weight is 338 g/mol. The van der Waals surface area contributed by atoms with Crippen molar-refractivity contribution in [3.8, 4) is 0 Å². The van der Waals surface area contributed by atoms with Gasteiger partial charge in [-0.25, -0.2) is 0 Å². The largest absolute Gasteiger partial charge is 0.353 e. The molecule has 3 fully saturated rings. The topological polar surface area (TPSA) is 44.4 Å². The zero-order chi connectivity index (χ0) is 13.2. The molecule has 2 unspecified atom stereocenters. The van der Waals surface area contributed by atoms with Crippen molar-refractivity contribution in [2.75, 3.05) is 20.1 Å². The molecule has 4 nitrogen and oxygen atoms in total. The summed E-state index contributed by atoms with van der Waals surface area (Å²) in [6.07, 6.45) is 8.02. The molecule has 21 heavy (non-hydrogen) atoms. The number of rotatable bonds is 3. The Morgan fingerprint density at radius 3 is 2.24 bits per heavy atom. The van der Waals surface area contributed by atoms with Crippen LogP contribution in [-0.4, -0.2) is 49.1 Å². The van der Waals surface area contributed by atoms with Gasteiger partial charge in [0.25, 0.3) is 0 Å². The van der Waals surface area contributed by atoms with Crippen molar-refractivity contribution in [3.63, 3.8) is 0 Å². The van der Waals surface area contributed by atoms with Gasteiger partial charge in [0.2, 0.25) is 5.91 Å². The third-order valence-electron chi connectivity index (χ3n) is 5.13. The number of nitrogens with one attached hydrogen (secondary N) is 2. The molecule has 0 aromatic carbocycles. The molecule has 2 atom stereocenters. The van der Waals surface area contributed by atoms with Crippen LogP contribution >= 0.6 is 24.8 Å². The first kappa shape index (κ1) is 19.0. The smallest absolute Gasteiger partial charge is 0.220 e. The minimum absolute atomic E-state index is 0. The summed E-state index contributed by atoms with van der Waals surface area (Å²) in [6.45, 7) is 2.23. The molecule has 0 saturated carbocycles. The molecule has 6 heteroatoms. The maximum absolute atomic E-state index is 12.1. The highest BCUT2D eigenvalue weighted by molar-refractivity contribution is 5.85. The highest BCUT2D eigenvalue weighted by Crippen LogP contribution is 2.32. The van der Waals surface area contributed by atoms with Crippen molar-refractivity contribution in [1.82, 2.24) is 15.5 Å². The van der Waals surface area contributed by atoms with Crippen LogP contribution in [0.25, 0.3) is 0 Å². The molecule has 0 radical (unpaired) electrons. The molecule has 2 N–H and O–H groups in total. The fraction of sp³-hybridized carbons (Fsp3) is 0.933. The van der Waals surface area contributed by atoms with Gasteiger partial charge in [0, 0.05) is 24.5 Å². The Balaban J connectivity index is 0.00000110. The van der Waals surface area contributed by atoms with Crippen LogP contribution in [0.15, 0.2) is 0 Å². The van der Waals surface area contributed by atoms with E-state index in [0.717, 1.165) is 32.4 Å². The number of hydrogen-bond acceptors (Lipinski definition) is 3. The summed E-state index contributed by atoms with van der Waals surface area (Å²) in [5.41, 5.74) is 0. The van der Waals surface area contributed by atoms with E-state index in [-0.39, 0.29) is 24.8 Å². The second-order valence-corrected chi connectivity index (χ2v) is 6.82. The van der Waals surface area contributed by atoms with E-state index in [1.807, 2.05) is 0 Å². The highest BCUT2D eigenvalue weighted by Gasteiger charge is 2.34. The summed E-state index contributed by atoms with van der Waals surface area (Å²) < 4.78 is 0. The molecule has 3 saturated heterocycles. The lowest BCUT2D eigenvalue weighted by molar-refractivity contribution is -0.123. The van der Waals surface area contributed by atoms with Crippen molar-refractivity contribution < 1.29 is 4.79 Å². The lowest BCUT2D eigenvalue weighted by Crippen LogP contribution is -2.45. The van der Waals surface area contributed by atoms with Gasteiger partial charge in [-0.15, -0.1) is 24.8 Å². The Kier molecular flexibility index (Phi) is 7.75. The first-order valence-electron chi connectivity index (χ1n) is 7.93. The van der Waals surface area contributed by atoms with E-state index in [0.29, 0.717) is 30.0 Å². The molecule has 2 bridgehead atoms. The molecular formula is C15H29Cl2N3O. The molecular weight excluding hydrogens is 309 g/mol. The summed E-state index contributed by atoms with van der Waals surface area (Å²) in [6, 6.07) is 1.81. The SMILES string of the molecule is CN1CCC(NC(=O)CC2CC3CCC(C2)N3)CC1.Cl.Cl. The van der Waals surface area contributed by atoms with Gasteiger partial charge < -0.3 is 15.5 Å². The summed E-state index contributed by atoms with van der Waals surface area (Å²) in [4.78, 5) is 14.5. The van der Waals surface area contributed by atoms with E-state index in [1.165, 1.54) is 25.7 Å². The zero-order valence-electron chi connectivity index (χ0n) is 12.8. The van der Waals surface area contributed by atoms with Crippen LogP contribution in [0.2, 0.25) is 0 Å². The van der Waals surface area contributed by atoms with Gasteiger partial charge >= 0.3 is 0 Å². The second kappa shape index (κ2) is 8.56. The molecule has 0 spiro atoms. The fourth-order valence-corrected chi connectivity index (χ4v) is 4.04. The maximum Gasteiger partial charge on any atom is 0.220 e. The highest BCUT2D eigenvalue weighted by atomic mass is 35.5. The monoisotopic (exact) mass is 337 g/mol. The summed E-state index contributed by atoms with van der Waals surface area (Å²) >= 11 is 0. The third kappa shape index (κ3) is 5.27. The van der Waals surface area contributed by atoms with Crippen molar-refractivity contribution in [3.05, 3.63) is 0 Å². The number of fused-ring (bicyclic) bond motifs is 2. The molecule has 3 rings (SSSR count). The maximum atomic E-state index is 12.1. The Hall–Kier alpha value is -0.0300. The van der Waals surface area contributed by atoms with Crippen molar-refractivity contribution >= 4 is 30.7 Å². The molecule has 124 valence electrons. The zero-order valence-corrected chi connectivity index (χ0v) is 14.5. The molecule has 3 aliphatic heterocycles. The van der Waals surface area contributed by atoms with Gasteiger partial charge in [0.05, 0.1) is 0 Å². The van der Waals surface area contributed by atoms with Crippen molar-refractivity contribution in [2.45, 2.75) is 63.1 Å². The van der Waals surface area contributed by atoms with Crippen molar-refractivity contribution in [1.29, 1.82) is 0 Å². The standard InChI is InChI=1S/C15H27N3O.2ClH/c1-18-6-4-12(5-7-18)17-15(19)10-11-8-13-2-3-14(9-11)16-13;;/h11-14,16H,2-10H2,1H3,(H,17,19);2*1H. The minimum atomic E-state index is 0. The van der Waals surface area contributed by atoms with E-state index in [9.17, 15) is 4.79 Å². The molecule has 0 aromatic heterocycles. The molecule has 0 aromatic rings. The number of piperidine rings is 2. The fourth-order valence-electron chi connectivity index (χ4n) is 4.04. The van der Waals surface area contributed by atoms with Crippen LogP contribution in [0.4, 0.5) is 0 Å². The van der Waals surface area contributed by atoms with Crippen LogP contribution < -0.4 is 10.6 Å². The Labute approximate surface area is 140 Å². The number of amides is 1. The van der Waals surface area contributed by atoms with Gasteiger partial charge in [0.1, 0.15) is 0 Å². The van der Waals surface area contributed by atoms with E-state index in [4.69, 9.17) is 0 Å². The van der Waals surface area contributed by atoms with Crippen LogP contribution in [0, 0.1) is 5.92 Å². The van der Waals surface area contributed by atoms with Crippen molar-refractivity contribution in [2.24, 2.45) is 5.92 Å². The predicted molar refractivity (Wildman–Crippen MR) is 90.4 cm³/mol. The number of carbonyl (C=O) groups is 1. The predicted octanol–water partition coefficient (Wildman–Crippen LogP) is 1.96. The molecule has 1 amide bonds. The van der Waals surface area contributed by atoms with Gasteiger partial charge in [-0.2, -0.15) is 0 Å². The normalized spacial score (nSPS) is 32.9. The summed E-state index contributed by atoms with van der Waals surface area (Å²) in [5, 5.41) is 6.89. The van der Waals surface area contributed by atoms with Gasteiger partial charge in [-0.1, -0.05) is 0 Å². The van der Waals surface area contributed by atoms with Crippen LogP contribution in [0.1, 0.15) is 44.9 Å². The van der Waals surface area contributed by atoms with E-state index in [2.05, 4.69) is 22.6 Å². The summed E-state index contributed by atoms with van der Waals surface area (Å²) in [7, 11) is 2.16. The number of carbonyl (C=O) groups excluding carboxylic acids is 1. The Bertz CT molecular complexity index is 323. The summed E-state index contributed by atoms with van der Waals surface area (Å²) in [5.74, 6) is 0.908. The van der Waals surface area contributed by atoms with E-state index < -0.39 is 0 Å². The van der Waals surface area contributed by atoms with Crippen LogP contribution in [-0.2, 0) is 4.79 Å².